The Morgan fingerprint density at radius 3 is 2.68 bits per heavy atom. The fourth-order valence-corrected chi connectivity index (χ4v) is 2.68. The van der Waals surface area contributed by atoms with Crippen molar-refractivity contribution >= 4 is 5.91 Å². The number of carbonyl (C=O) groups is 1. The third-order valence-electron chi connectivity index (χ3n) is 3.94. The number of amides is 1. The quantitative estimate of drug-likeness (QED) is 0.851. The molecule has 4 heteroatoms. The predicted octanol–water partition coefficient (Wildman–Crippen LogP) is 3.17. The molecular weight excluding hydrogens is 274 g/mol. The number of aromatic nitrogens is 1. The molecule has 1 atom stereocenters. The molecule has 0 saturated heterocycles. The van der Waals surface area contributed by atoms with Gasteiger partial charge in [0, 0.05) is 18.1 Å². The molecule has 0 radical (unpaired) electrons. The monoisotopic (exact) mass is 293 g/mol. The highest BCUT2D eigenvalue weighted by Crippen LogP contribution is 2.30. The Bertz CT molecular complexity index is 653. The van der Waals surface area contributed by atoms with Crippen molar-refractivity contribution in [2.75, 3.05) is 0 Å². The Morgan fingerprint density at radius 1 is 1.14 bits per heavy atom. The summed E-state index contributed by atoms with van der Waals surface area (Å²) >= 11 is 0. The van der Waals surface area contributed by atoms with Gasteiger partial charge in [-0.05, 0) is 42.9 Å². The molecule has 4 nitrogen and oxygen atoms in total. The first-order chi connectivity index (χ1) is 10.8. The van der Waals surface area contributed by atoms with Crippen LogP contribution in [0.2, 0.25) is 0 Å². The summed E-state index contributed by atoms with van der Waals surface area (Å²) in [5, 5.41) is 0. The molecule has 0 saturated carbocycles. The zero-order chi connectivity index (χ0) is 15.2. The number of rotatable bonds is 4. The third-order valence-corrected chi connectivity index (χ3v) is 3.94. The van der Waals surface area contributed by atoms with Crippen LogP contribution in [0.4, 0.5) is 0 Å². The number of hydrogen-bond donors (Lipinski definition) is 2. The van der Waals surface area contributed by atoms with Gasteiger partial charge in [0.25, 0.3) is 5.91 Å². The number of hydrazine groups is 1. The minimum absolute atomic E-state index is 0.167. The molecule has 22 heavy (non-hydrogen) atoms. The van der Waals surface area contributed by atoms with E-state index >= 15 is 0 Å². The molecular formula is C18H19N3O. The summed E-state index contributed by atoms with van der Waals surface area (Å²) in [5.74, 6) is 0.403. The molecule has 1 unspecified atom stereocenters. The molecule has 1 heterocycles. The molecule has 2 N–H and O–H groups in total. The molecule has 1 aromatic carbocycles. The van der Waals surface area contributed by atoms with Crippen LogP contribution in [0, 0.1) is 0 Å². The molecule has 0 spiro atoms. The van der Waals surface area contributed by atoms with E-state index in [0.29, 0.717) is 11.5 Å². The highest BCUT2D eigenvalue weighted by Gasteiger charge is 2.16. The maximum atomic E-state index is 11.9. The van der Waals surface area contributed by atoms with Crippen molar-refractivity contribution in [3.63, 3.8) is 0 Å². The first kappa shape index (κ1) is 14.3. The van der Waals surface area contributed by atoms with Crippen LogP contribution in [0.3, 0.4) is 0 Å². The summed E-state index contributed by atoms with van der Waals surface area (Å²) in [6, 6.07) is 14.1. The van der Waals surface area contributed by atoms with Crippen LogP contribution in [-0.2, 0) is 0 Å². The van der Waals surface area contributed by atoms with E-state index in [1.165, 1.54) is 5.56 Å². The molecule has 112 valence electrons. The van der Waals surface area contributed by atoms with Gasteiger partial charge in [0.05, 0.1) is 5.56 Å². The average molecular weight is 293 g/mol. The largest absolute Gasteiger partial charge is 0.303 e. The van der Waals surface area contributed by atoms with E-state index < -0.39 is 0 Å². The lowest BCUT2D eigenvalue weighted by Crippen LogP contribution is -2.37. The lowest BCUT2D eigenvalue weighted by molar-refractivity contribution is 0.0937. The highest BCUT2D eigenvalue weighted by molar-refractivity contribution is 5.93. The Morgan fingerprint density at radius 2 is 2.00 bits per heavy atom. The van der Waals surface area contributed by atoms with E-state index in [-0.39, 0.29) is 5.91 Å². The van der Waals surface area contributed by atoms with E-state index in [2.05, 4.69) is 46.2 Å². The fraction of sp³-hybridized carbons (Fsp3) is 0.222. The van der Waals surface area contributed by atoms with Crippen LogP contribution in [0.25, 0.3) is 0 Å². The van der Waals surface area contributed by atoms with Gasteiger partial charge in [-0.1, -0.05) is 36.4 Å². The topological polar surface area (TPSA) is 54.0 Å². The Kier molecular flexibility index (Phi) is 4.49. The molecule has 1 aliphatic rings. The summed E-state index contributed by atoms with van der Waals surface area (Å²) in [5.41, 5.74) is 8.76. The minimum atomic E-state index is -0.167. The lowest BCUT2D eigenvalue weighted by atomic mass is 9.87. The first-order valence-electron chi connectivity index (χ1n) is 7.53. The molecule has 0 fully saturated rings. The summed E-state index contributed by atoms with van der Waals surface area (Å²) < 4.78 is 0. The lowest BCUT2D eigenvalue weighted by Gasteiger charge is -2.23. The van der Waals surface area contributed by atoms with E-state index in [1.807, 2.05) is 6.07 Å². The highest BCUT2D eigenvalue weighted by atomic mass is 16.2. The number of benzene rings is 1. The smallest absolute Gasteiger partial charge is 0.271 e. The number of nitrogens with one attached hydrogen (secondary N) is 2. The van der Waals surface area contributed by atoms with Crippen molar-refractivity contribution < 1.29 is 4.79 Å². The van der Waals surface area contributed by atoms with E-state index in [0.717, 1.165) is 25.0 Å². The van der Waals surface area contributed by atoms with Gasteiger partial charge in [0.15, 0.2) is 0 Å². The maximum Gasteiger partial charge on any atom is 0.271 e. The normalized spacial score (nSPS) is 17.5. The molecule has 0 bridgehead atoms. The van der Waals surface area contributed by atoms with E-state index in [1.54, 1.807) is 24.5 Å². The zero-order valence-electron chi connectivity index (χ0n) is 12.3. The first-order valence-corrected chi connectivity index (χ1v) is 7.53. The molecule has 1 amide bonds. The maximum absolute atomic E-state index is 11.9. The van der Waals surface area contributed by atoms with Crippen molar-refractivity contribution in [2.45, 2.75) is 25.2 Å². The van der Waals surface area contributed by atoms with Gasteiger partial charge < -0.3 is 5.43 Å². The van der Waals surface area contributed by atoms with Gasteiger partial charge in [-0.3, -0.25) is 15.2 Å². The van der Waals surface area contributed by atoms with Gasteiger partial charge >= 0.3 is 0 Å². The van der Waals surface area contributed by atoms with Gasteiger partial charge in [0.1, 0.15) is 0 Å². The summed E-state index contributed by atoms with van der Waals surface area (Å²) in [6.45, 7) is 0. The number of carbonyl (C=O) groups excluding carboxylic acids is 1. The van der Waals surface area contributed by atoms with Crippen LogP contribution >= 0.6 is 0 Å². The average Bonchev–Trinajstić information content (AvgIpc) is 2.61. The van der Waals surface area contributed by atoms with Gasteiger partial charge in [-0.2, -0.15) is 0 Å². The van der Waals surface area contributed by atoms with Gasteiger partial charge in [0.2, 0.25) is 0 Å². The molecule has 0 aliphatic heterocycles. The van der Waals surface area contributed by atoms with Crippen LogP contribution in [0.1, 0.15) is 41.1 Å². The van der Waals surface area contributed by atoms with E-state index in [4.69, 9.17) is 0 Å². The van der Waals surface area contributed by atoms with Crippen molar-refractivity contribution in [3.05, 3.63) is 77.8 Å². The van der Waals surface area contributed by atoms with Crippen LogP contribution in [0.15, 0.2) is 66.6 Å². The van der Waals surface area contributed by atoms with Crippen LogP contribution in [0.5, 0.6) is 0 Å². The Balaban J connectivity index is 1.53. The van der Waals surface area contributed by atoms with Crippen LogP contribution < -0.4 is 10.9 Å². The summed E-state index contributed by atoms with van der Waals surface area (Å²) in [7, 11) is 0. The summed E-state index contributed by atoms with van der Waals surface area (Å²) in [4.78, 5) is 15.9. The van der Waals surface area contributed by atoms with Crippen molar-refractivity contribution in [2.24, 2.45) is 0 Å². The number of pyridine rings is 1. The molecule has 1 aromatic heterocycles. The van der Waals surface area contributed by atoms with Crippen molar-refractivity contribution in [1.82, 2.24) is 15.8 Å². The van der Waals surface area contributed by atoms with Crippen molar-refractivity contribution in [3.8, 4) is 0 Å². The molecule has 3 rings (SSSR count). The zero-order valence-corrected chi connectivity index (χ0v) is 12.3. The van der Waals surface area contributed by atoms with Gasteiger partial charge in [-0.15, -0.1) is 0 Å². The second-order valence-corrected chi connectivity index (χ2v) is 5.43. The van der Waals surface area contributed by atoms with Crippen molar-refractivity contribution in [1.29, 1.82) is 0 Å². The molecule has 1 aliphatic carbocycles. The number of hydrogen-bond acceptors (Lipinski definition) is 3. The van der Waals surface area contributed by atoms with Crippen LogP contribution in [-0.4, -0.2) is 10.9 Å². The number of nitrogens with zero attached hydrogens (tertiary/aromatic N) is 1. The second-order valence-electron chi connectivity index (χ2n) is 5.43. The van der Waals surface area contributed by atoms with E-state index in [9.17, 15) is 4.79 Å². The van der Waals surface area contributed by atoms with Gasteiger partial charge in [-0.25, -0.2) is 0 Å². The predicted molar refractivity (Wildman–Crippen MR) is 86.0 cm³/mol. The Hall–Kier alpha value is -2.62. The molecule has 2 aromatic rings. The standard InChI is InChI=1S/C18H19N3O/c22-18(16-7-4-12-19-13-16)21-20-17-10-8-15(9-11-17)14-5-2-1-3-6-14/h1-7,10,12-13,15,20H,8-9,11H2,(H,21,22). The third kappa shape index (κ3) is 3.52. The minimum Gasteiger partial charge on any atom is -0.303 e. The number of allylic oxidation sites excluding steroid dienone is 2. The second kappa shape index (κ2) is 6.89. The Labute approximate surface area is 130 Å². The SMILES string of the molecule is O=C(NNC1=CCC(c2ccccc2)CC1)c1cccnc1. The summed E-state index contributed by atoms with van der Waals surface area (Å²) in [6.07, 6.45) is 8.40. The fourth-order valence-electron chi connectivity index (χ4n) is 2.68.